The van der Waals surface area contributed by atoms with E-state index >= 15 is 0 Å². The number of piperidine rings is 2. The molecule has 0 radical (unpaired) electrons. The minimum Gasteiger partial charge on any atom is -0.302 e. The first kappa shape index (κ1) is 12.9. The third kappa shape index (κ3) is 3.08. The molecule has 1 spiro atoms. The first-order valence-electron chi connectivity index (χ1n) is 8.31. The molecule has 0 unspecified atom stereocenters. The second kappa shape index (κ2) is 5.92. The van der Waals surface area contributed by atoms with Gasteiger partial charge in [0.25, 0.3) is 0 Å². The molecule has 2 aliphatic heterocycles. The Hall–Kier alpha value is -0.0800. The summed E-state index contributed by atoms with van der Waals surface area (Å²) in [6.45, 7) is 8.14. The van der Waals surface area contributed by atoms with Crippen molar-refractivity contribution in [2.75, 3.05) is 39.3 Å². The highest BCUT2D eigenvalue weighted by atomic mass is 15.2. The van der Waals surface area contributed by atoms with Crippen LogP contribution in [0.1, 0.15) is 57.8 Å². The molecule has 0 aromatic rings. The Morgan fingerprint density at radius 2 is 1.11 bits per heavy atom. The summed E-state index contributed by atoms with van der Waals surface area (Å²) in [6.07, 6.45) is 13.4. The first-order valence-corrected chi connectivity index (χ1v) is 8.31. The SMILES string of the molecule is C1CCN(CCN2CCC3(CCCC3)CC2)CC1. The number of hydrogen-bond acceptors (Lipinski definition) is 2. The van der Waals surface area contributed by atoms with Gasteiger partial charge in [-0.15, -0.1) is 0 Å². The number of rotatable bonds is 3. The molecular formula is C16H30N2. The molecule has 2 heterocycles. The highest BCUT2D eigenvalue weighted by Gasteiger charge is 2.36. The predicted molar refractivity (Wildman–Crippen MR) is 76.9 cm³/mol. The van der Waals surface area contributed by atoms with Crippen LogP contribution < -0.4 is 0 Å². The first-order chi connectivity index (χ1) is 8.86. The van der Waals surface area contributed by atoms with Crippen molar-refractivity contribution in [1.82, 2.24) is 9.80 Å². The van der Waals surface area contributed by atoms with E-state index in [9.17, 15) is 0 Å². The van der Waals surface area contributed by atoms with E-state index in [-0.39, 0.29) is 0 Å². The number of nitrogens with zero attached hydrogens (tertiary/aromatic N) is 2. The molecule has 0 N–H and O–H groups in total. The van der Waals surface area contributed by atoms with E-state index in [1.54, 1.807) is 0 Å². The standard InChI is InChI=1S/C16H30N2/c1-4-10-17(11-5-1)14-15-18-12-8-16(9-13-18)6-2-3-7-16/h1-15H2. The predicted octanol–water partition coefficient (Wildman–Crippen LogP) is 3.13. The molecule has 0 aromatic carbocycles. The summed E-state index contributed by atoms with van der Waals surface area (Å²) in [5.74, 6) is 0. The lowest BCUT2D eigenvalue weighted by Crippen LogP contribution is -2.43. The summed E-state index contributed by atoms with van der Waals surface area (Å²) in [5, 5.41) is 0. The van der Waals surface area contributed by atoms with Crippen LogP contribution in [0.5, 0.6) is 0 Å². The number of hydrogen-bond donors (Lipinski definition) is 0. The second-order valence-corrected chi connectivity index (χ2v) is 6.95. The van der Waals surface area contributed by atoms with Gasteiger partial charge in [0, 0.05) is 13.1 Å². The van der Waals surface area contributed by atoms with Crippen molar-refractivity contribution in [2.45, 2.75) is 57.8 Å². The Balaban J connectivity index is 1.37. The van der Waals surface area contributed by atoms with Crippen LogP contribution in [0.2, 0.25) is 0 Å². The Morgan fingerprint density at radius 3 is 1.72 bits per heavy atom. The van der Waals surface area contributed by atoms with Gasteiger partial charge in [0.15, 0.2) is 0 Å². The lowest BCUT2D eigenvalue weighted by molar-refractivity contribution is 0.0946. The van der Waals surface area contributed by atoms with E-state index in [1.165, 1.54) is 97.1 Å². The molecule has 104 valence electrons. The molecular weight excluding hydrogens is 220 g/mol. The van der Waals surface area contributed by atoms with Crippen molar-refractivity contribution in [3.8, 4) is 0 Å². The van der Waals surface area contributed by atoms with Crippen molar-refractivity contribution in [3.05, 3.63) is 0 Å². The Labute approximate surface area is 113 Å². The average Bonchev–Trinajstić information content (AvgIpc) is 2.88. The molecule has 1 saturated carbocycles. The largest absolute Gasteiger partial charge is 0.302 e. The molecule has 18 heavy (non-hydrogen) atoms. The van der Waals surface area contributed by atoms with Gasteiger partial charge >= 0.3 is 0 Å². The lowest BCUT2D eigenvalue weighted by atomic mass is 9.77. The van der Waals surface area contributed by atoms with E-state index in [2.05, 4.69) is 9.80 Å². The fraction of sp³-hybridized carbons (Fsp3) is 1.00. The summed E-state index contributed by atoms with van der Waals surface area (Å²) in [6, 6.07) is 0. The van der Waals surface area contributed by atoms with Crippen LogP contribution in [-0.2, 0) is 0 Å². The molecule has 2 saturated heterocycles. The fourth-order valence-corrected chi connectivity index (χ4v) is 4.34. The summed E-state index contributed by atoms with van der Waals surface area (Å²) < 4.78 is 0. The van der Waals surface area contributed by atoms with Crippen LogP contribution in [0.15, 0.2) is 0 Å². The zero-order chi connectivity index (χ0) is 12.3. The smallest absolute Gasteiger partial charge is 0.0109 e. The van der Waals surface area contributed by atoms with Crippen LogP contribution in [0.4, 0.5) is 0 Å². The van der Waals surface area contributed by atoms with Crippen molar-refractivity contribution >= 4 is 0 Å². The van der Waals surface area contributed by atoms with Crippen molar-refractivity contribution in [2.24, 2.45) is 5.41 Å². The van der Waals surface area contributed by atoms with E-state index in [0.717, 1.165) is 5.41 Å². The minimum atomic E-state index is 0.793. The summed E-state index contributed by atoms with van der Waals surface area (Å²) in [7, 11) is 0. The van der Waals surface area contributed by atoms with Gasteiger partial charge in [0.05, 0.1) is 0 Å². The normalized spacial score (nSPS) is 30.0. The van der Waals surface area contributed by atoms with Crippen LogP contribution in [0.3, 0.4) is 0 Å². The highest BCUT2D eigenvalue weighted by molar-refractivity contribution is 4.89. The molecule has 0 aromatic heterocycles. The molecule has 2 nitrogen and oxygen atoms in total. The van der Waals surface area contributed by atoms with Gasteiger partial charge < -0.3 is 9.80 Å². The van der Waals surface area contributed by atoms with Gasteiger partial charge in [-0.1, -0.05) is 19.3 Å². The van der Waals surface area contributed by atoms with Gasteiger partial charge in [0.2, 0.25) is 0 Å². The van der Waals surface area contributed by atoms with Crippen molar-refractivity contribution in [3.63, 3.8) is 0 Å². The van der Waals surface area contributed by atoms with Crippen LogP contribution in [-0.4, -0.2) is 49.1 Å². The van der Waals surface area contributed by atoms with Crippen molar-refractivity contribution in [1.29, 1.82) is 0 Å². The maximum atomic E-state index is 2.73. The topological polar surface area (TPSA) is 6.48 Å². The minimum absolute atomic E-state index is 0.793. The van der Waals surface area contributed by atoms with Gasteiger partial charge in [0.1, 0.15) is 0 Å². The third-order valence-corrected chi connectivity index (χ3v) is 5.76. The van der Waals surface area contributed by atoms with Gasteiger partial charge in [-0.25, -0.2) is 0 Å². The fourth-order valence-electron chi connectivity index (χ4n) is 4.34. The Kier molecular flexibility index (Phi) is 4.25. The maximum Gasteiger partial charge on any atom is 0.0109 e. The number of likely N-dealkylation sites (tertiary alicyclic amines) is 2. The molecule has 3 aliphatic rings. The van der Waals surface area contributed by atoms with E-state index in [4.69, 9.17) is 0 Å². The molecule has 1 aliphatic carbocycles. The van der Waals surface area contributed by atoms with E-state index < -0.39 is 0 Å². The van der Waals surface area contributed by atoms with Gasteiger partial charge in [-0.2, -0.15) is 0 Å². The zero-order valence-corrected chi connectivity index (χ0v) is 12.0. The average molecular weight is 250 g/mol. The molecule has 3 fully saturated rings. The summed E-state index contributed by atoms with van der Waals surface area (Å²) >= 11 is 0. The monoisotopic (exact) mass is 250 g/mol. The molecule has 3 rings (SSSR count). The molecule has 0 bridgehead atoms. The Morgan fingerprint density at radius 1 is 0.556 bits per heavy atom. The zero-order valence-electron chi connectivity index (χ0n) is 12.0. The van der Waals surface area contributed by atoms with Crippen molar-refractivity contribution < 1.29 is 0 Å². The van der Waals surface area contributed by atoms with E-state index in [0.29, 0.717) is 0 Å². The molecule has 0 atom stereocenters. The summed E-state index contributed by atoms with van der Waals surface area (Å²) in [5.41, 5.74) is 0.793. The molecule has 2 heteroatoms. The van der Waals surface area contributed by atoms with Gasteiger partial charge in [-0.3, -0.25) is 0 Å². The third-order valence-electron chi connectivity index (χ3n) is 5.76. The highest BCUT2D eigenvalue weighted by Crippen LogP contribution is 2.45. The lowest BCUT2D eigenvalue weighted by Gasteiger charge is -2.40. The van der Waals surface area contributed by atoms with Crippen LogP contribution in [0, 0.1) is 5.41 Å². The summed E-state index contributed by atoms with van der Waals surface area (Å²) in [4.78, 5) is 5.42. The molecule has 0 amide bonds. The second-order valence-electron chi connectivity index (χ2n) is 6.95. The van der Waals surface area contributed by atoms with Gasteiger partial charge in [-0.05, 0) is 70.1 Å². The Bertz CT molecular complexity index is 242. The van der Waals surface area contributed by atoms with Crippen LogP contribution >= 0.6 is 0 Å². The quantitative estimate of drug-likeness (QED) is 0.759. The van der Waals surface area contributed by atoms with Crippen LogP contribution in [0.25, 0.3) is 0 Å². The maximum absolute atomic E-state index is 2.73. The van der Waals surface area contributed by atoms with E-state index in [1.807, 2.05) is 0 Å².